The molecule has 5 nitrogen and oxygen atoms in total. The Labute approximate surface area is 140 Å². The highest BCUT2D eigenvalue weighted by atomic mass is 32.2. The Morgan fingerprint density at radius 3 is 3.00 bits per heavy atom. The van der Waals surface area contributed by atoms with Crippen molar-refractivity contribution in [2.45, 2.75) is 24.1 Å². The minimum Gasteiger partial charge on any atom is -0.461 e. The van der Waals surface area contributed by atoms with Crippen molar-refractivity contribution in [2.24, 2.45) is 0 Å². The number of thioether (sulfide) groups is 1. The van der Waals surface area contributed by atoms with Crippen LogP contribution >= 0.6 is 23.1 Å². The molecule has 0 spiro atoms. The van der Waals surface area contributed by atoms with Crippen molar-refractivity contribution in [3.8, 4) is 11.5 Å². The van der Waals surface area contributed by atoms with E-state index in [4.69, 9.17) is 8.94 Å². The third kappa shape index (κ3) is 2.89. The Kier molecular flexibility index (Phi) is 3.88. The van der Waals surface area contributed by atoms with Gasteiger partial charge in [-0.1, -0.05) is 23.8 Å². The number of hydrogen-bond acceptors (Lipinski definition) is 7. The van der Waals surface area contributed by atoms with Gasteiger partial charge in [0.25, 0.3) is 0 Å². The second-order valence-electron chi connectivity index (χ2n) is 4.91. The Morgan fingerprint density at radius 1 is 1.22 bits per heavy atom. The molecule has 0 saturated heterocycles. The normalized spacial score (nSPS) is 11.3. The fourth-order valence-electron chi connectivity index (χ4n) is 2.23. The van der Waals surface area contributed by atoms with Crippen molar-refractivity contribution in [3.63, 3.8) is 0 Å². The largest absolute Gasteiger partial charge is 0.461 e. The number of thiophene rings is 1. The summed E-state index contributed by atoms with van der Waals surface area (Å²) in [5.74, 6) is 2.01. The zero-order valence-electron chi connectivity index (χ0n) is 12.4. The first-order chi connectivity index (χ1) is 11.3. The van der Waals surface area contributed by atoms with Crippen LogP contribution in [0, 0.1) is 0 Å². The van der Waals surface area contributed by atoms with Gasteiger partial charge in [-0.2, -0.15) is 0 Å². The van der Waals surface area contributed by atoms with Gasteiger partial charge in [0, 0.05) is 22.1 Å². The average molecular weight is 343 g/mol. The van der Waals surface area contributed by atoms with Crippen LogP contribution in [0.1, 0.15) is 17.5 Å². The lowest BCUT2D eigenvalue weighted by molar-refractivity contribution is 0.413. The first kappa shape index (κ1) is 14.5. The van der Waals surface area contributed by atoms with E-state index < -0.39 is 0 Å². The van der Waals surface area contributed by atoms with Crippen molar-refractivity contribution in [1.82, 2.24) is 15.1 Å². The van der Waals surface area contributed by atoms with Crippen LogP contribution in [0.3, 0.4) is 0 Å². The standard InChI is InChI=1S/C16H13N3O2S2/c1-2-11-7-12-15(17-9-18-16(12)23-11)22-8-10-6-14(21-19-10)13-4-3-5-20-13/h3-7,9H,2,8H2,1H3. The van der Waals surface area contributed by atoms with Crippen LogP contribution < -0.4 is 0 Å². The molecule has 0 atom stereocenters. The van der Waals surface area contributed by atoms with Crippen LogP contribution in [0.25, 0.3) is 21.7 Å². The summed E-state index contributed by atoms with van der Waals surface area (Å²) >= 11 is 3.36. The molecule has 0 aliphatic carbocycles. The molecule has 0 bridgehead atoms. The number of aromatic nitrogens is 3. The van der Waals surface area contributed by atoms with Gasteiger partial charge < -0.3 is 8.94 Å². The zero-order chi connectivity index (χ0) is 15.6. The molecule has 0 aromatic carbocycles. The van der Waals surface area contributed by atoms with Gasteiger partial charge in [-0.25, -0.2) is 9.97 Å². The molecule has 0 unspecified atom stereocenters. The summed E-state index contributed by atoms with van der Waals surface area (Å²) in [6, 6.07) is 7.75. The molecular weight excluding hydrogens is 330 g/mol. The molecule has 0 fully saturated rings. The smallest absolute Gasteiger partial charge is 0.202 e. The van der Waals surface area contributed by atoms with Crippen molar-refractivity contribution in [1.29, 1.82) is 0 Å². The lowest BCUT2D eigenvalue weighted by Gasteiger charge is -1.98. The summed E-state index contributed by atoms with van der Waals surface area (Å²) in [5.41, 5.74) is 0.860. The highest BCUT2D eigenvalue weighted by Gasteiger charge is 2.12. The van der Waals surface area contributed by atoms with E-state index in [0.29, 0.717) is 17.3 Å². The summed E-state index contributed by atoms with van der Waals surface area (Å²) < 4.78 is 10.6. The number of nitrogens with zero attached hydrogens (tertiary/aromatic N) is 3. The van der Waals surface area contributed by atoms with E-state index in [9.17, 15) is 0 Å². The van der Waals surface area contributed by atoms with Crippen LogP contribution in [-0.2, 0) is 12.2 Å². The van der Waals surface area contributed by atoms with Crippen LogP contribution in [0.2, 0.25) is 0 Å². The van der Waals surface area contributed by atoms with E-state index in [-0.39, 0.29) is 0 Å². The van der Waals surface area contributed by atoms with Gasteiger partial charge in [0.2, 0.25) is 5.76 Å². The molecule has 0 saturated carbocycles. The van der Waals surface area contributed by atoms with E-state index in [2.05, 4.69) is 28.1 Å². The summed E-state index contributed by atoms with van der Waals surface area (Å²) in [7, 11) is 0. The quantitative estimate of drug-likeness (QED) is 0.383. The molecule has 7 heteroatoms. The summed E-state index contributed by atoms with van der Waals surface area (Å²) in [5, 5.41) is 6.19. The highest BCUT2D eigenvalue weighted by Crippen LogP contribution is 2.33. The van der Waals surface area contributed by atoms with Crippen molar-refractivity contribution in [2.75, 3.05) is 0 Å². The Bertz CT molecular complexity index is 928. The minimum absolute atomic E-state index is 0.641. The zero-order valence-corrected chi connectivity index (χ0v) is 14.0. The number of rotatable bonds is 5. The maximum absolute atomic E-state index is 5.32. The van der Waals surface area contributed by atoms with E-state index in [1.807, 2.05) is 18.2 Å². The fraction of sp³-hybridized carbons (Fsp3) is 0.188. The number of aryl methyl sites for hydroxylation is 1. The second kappa shape index (κ2) is 6.17. The monoisotopic (exact) mass is 343 g/mol. The van der Waals surface area contributed by atoms with Gasteiger partial charge in [-0.3, -0.25) is 0 Å². The molecule has 4 aromatic rings. The number of hydrogen-bond donors (Lipinski definition) is 0. The van der Waals surface area contributed by atoms with Crippen molar-refractivity contribution >= 4 is 33.3 Å². The van der Waals surface area contributed by atoms with E-state index in [1.54, 1.807) is 35.7 Å². The SMILES string of the molecule is CCc1cc2c(SCc3cc(-c4ccco4)on3)ncnc2s1. The second-order valence-corrected chi connectivity index (χ2v) is 6.99. The first-order valence-corrected chi connectivity index (χ1v) is 8.99. The van der Waals surface area contributed by atoms with Crippen LogP contribution in [-0.4, -0.2) is 15.1 Å². The molecule has 4 rings (SSSR count). The lowest BCUT2D eigenvalue weighted by atomic mass is 10.3. The maximum atomic E-state index is 5.32. The van der Waals surface area contributed by atoms with Crippen LogP contribution in [0.15, 0.2) is 50.8 Å². The Morgan fingerprint density at radius 2 is 2.17 bits per heavy atom. The van der Waals surface area contributed by atoms with E-state index in [0.717, 1.165) is 27.4 Å². The molecule has 0 amide bonds. The van der Waals surface area contributed by atoms with Crippen LogP contribution in [0.5, 0.6) is 0 Å². The van der Waals surface area contributed by atoms with Gasteiger partial charge in [0.15, 0.2) is 5.76 Å². The van der Waals surface area contributed by atoms with Crippen molar-refractivity contribution in [3.05, 3.63) is 47.4 Å². The molecule has 0 N–H and O–H groups in total. The molecule has 4 aromatic heterocycles. The Balaban J connectivity index is 1.54. The lowest BCUT2D eigenvalue weighted by Crippen LogP contribution is -1.85. The molecule has 0 radical (unpaired) electrons. The molecule has 0 aliphatic rings. The summed E-state index contributed by atoms with van der Waals surface area (Å²) in [6.45, 7) is 2.15. The van der Waals surface area contributed by atoms with E-state index >= 15 is 0 Å². The molecule has 23 heavy (non-hydrogen) atoms. The number of fused-ring (bicyclic) bond motifs is 1. The topological polar surface area (TPSA) is 65.0 Å². The van der Waals surface area contributed by atoms with Gasteiger partial charge in [-0.15, -0.1) is 11.3 Å². The summed E-state index contributed by atoms with van der Waals surface area (Å²) in [6.07, 6.45) is 4.25. The predicted molar refractivity (Wildman–Crippen MR) is 90.6 cm³/mol. The van der Waals surface area contributed by atoms with Gasteiger partial charge in [0.1, 0.15) is 16.2 Å². The van der Waals surface area contributed by atoms with Crippen LogP contribution in [0.4, 0.5) is 0 Å². The molecular formula is C16H13N3O2S2. The van der Waals surface area contributed by atoms with Gasteiger partial charge in [-0.05, 0) is 24.6 Å². The molecule has 4 heterocycles. The third-order valence-electron chi connectivity index (χ3n) is 3.37. The fourth-order valence-corrected chi connectivity index (χ4v) is 4.08. The predicted octanol–water partition coefficient (Wildman–Crippen LogP) is 4.79. The Hall–Kier alpha value is -2.12. The highest BCUT2D eigenvalue weighted by molar-refractivity contribution is 7.98. The van der Waals surface area contributed by atoms with Gasteiger partial charge >= 0.3 is 0 Å². The minimum atomic E-state index is 0.641. The van der Waals surface area contributed by atoms with E-state index in [1.165, 1.54) is 4.88 Å². The van der Waals surface area contributed by atoms with Gasteiger partial charge in [0.05, 0.1) is 12.0 Å². The summed E-state index contributed by atoms with van der Waals surface area (Å²) in [4.78, 5) is 11.1. The first-order valence-electron chi connectivity index (χ1n) is 7.19. The third-order valence-corrected chi connectivity index (χ3v) is 5.60. The van der Waals surface area contributed by atoms with Crippen molar-refractivity contribution < 1.29 is 8.94 Å². The molecule has 0 aliphatic heterocycles. The molecule has 116 valence electrons. The average Bonchev–Trinajstić information content (AvgIpc) is 3.31. The maximum Gasteiger partial charge on any atom is 0.202 e. The number of furan rings is 1.